The molecule has 0 unspecified atom stereocenters. The normalized spacial score (nSPS) is 8.90. The summed E-state index contributed by atoms with van der Waals surface area (Å²) in [6.45, 7) is 3.75. The van der Waals surface area contributed by atoms with E-state index < -0.39 is 10.9 Å². The van der Waals surface area contributed by atoms with Crippen LogP contribution in [-0.4, -0.2) is 59.8 Å². The maximum absolute atomic E-state index is 10.8. The van der Waals surface area contributed by atoms with Gasteiger partial charge < -0.3 is 15.1 Å². The Balaban J connectivity index is -0.000000305. The zero-order valence-corrected chi connectivity index (χ0v) is 13.3. The van der Waals surface area contributed by atoms with Crippen LogP contribution < -0.4 is 21.1 Å². The molecule has 0 aliphatic rings. The fraction of sp³-hybridized carbons (Fsp3) is 0.714. The molecule has 0 aliphatic heterocycles. The lowest BCUT2D eigenvalue weighted by Gasteiger charge is -2.16. The van der Waals surface area contributed by atoms with Crippen LogP contribution in [0.4, 0.5) is 5.69 Å². The van der Waals surface area contributed by atoms with Crippen molar-refractivity contribution in [3.05, 3.63) is 31.4 Å². The van der Waals surface area contributed by atoms with E-state index in [9.17, 15) is 14.5 Å². The molecular weight excluding hydrogens is 272 g/mol. The van der Waals surface area contributed by atoms with Gasteiger partial charge in [-0.15, -0.1) is 0 Å². The van der Waals surface area contributed by atoms with Crippen molar-refractivity contribution >= 4 is 5.69 Å². The number of anilines is 1. The summed E-state index contributed by atoms with van der Waals surface area (Å²) < 4.78 is 0. The summed E-state index contributed by atoms with van der Waals surface area (Å²) in [7, 11) is 9.50. The van der Waals surface area contributed by atoms with Gasteiger partial charge in [0.05, 0.1) is 12.2 Å². The molecule has 124 valence electrons. The molecule has 0 fully saturated rings. The molecule has 0 atom stereocenters. The highest BCUT2D eigenvalue weighted by Crippen LogP contribution is 2.02. The molecule has 7 nitrogen and oxygen atoms in total. The lowest BCUT2D eigenvalue weighted by atomic mass is 10.2. The van der Waals surface area contributed by atoms with Gasteiger partial charge in [-0.25, -0.2) is 0 Å². The lowest BCUT2D eigenvalue weighted by Crippen LogP contribution is -2.38. The summed E-state index contributed by atoms with van der Waals surface area (Å²) in [4.78, 5) is 34.7. The first-order chi connectivity index (χ1) is 9.35. The van der Waals surface area contributed by atoms with Crippen molar-refractivity contribution in [2.24, 2.45) is 5.18 Å². The Morgan fingerprint density at radius 3 is 1.86 bits per heavy atom. The molecule has 1 N–H and O–H groups in total. The van der Waals surface area contributed by atoms with Gasteiger partial charge in [0.15, 0.2) is 0 Å². The van der Waals surface area contributed by atoms with Crippen LogP contribution in [-0.2, 0) is 0 Å². The van der Waals surface area contributed by atoms with Crippen LogP contribution in [0.2, 0.25) is 0 Å². The quantitative estimate of drug-likeness (QED) is 0.631. The van der Waals surface area contributed by atoms with Crippen molar-refractivity contribution in [1.29, 1.82) is 0 Å². The molecular formula is C14H30N4O3. The average Bonchev–Trinajstić information content (AvgIpc) is 2.43. The number of likely N-dealkylation sites (N-methyl/N-ethyl adjacent to an activating group) is 1. The minimum atomic E-state index is -0.483. The topological polar surface area (TPSA) is 82.1 Å². The molecule has 1 rings (SSSR count). The largest absolute Gasteiger partial charge is 0.369 e. The summed E-state index contributed by atoms with van der Waals surface area (Å²) in [6.07, 6.45) is 0. The summed E-state index contributed by atoms with van der Waals surface area (Å²) in [5, 5.41) is 5.40. The predicted octanol–water partition coefficient (Wildman–Crippen LogP) is 0.525. The van der Waals surface area contributed by atoms with Gasteiger partial charge in [0.1, 0.15) is 0 Å². The van der Waals surface area contributed by atoms with E-state index >= 15 is 0 Å². The van der Waals surface area contributed by atoms with Gasteiger partial charge in [0, 0.05) is 19.7 Å². The third-order valence-electron chi connectivity index (χ3n) is 2.29. The Kier molecular flexibility index (Phi) is 17.2. The van der Waals surface area contributed by atoms with Gasteiger partial charge in [0.2, 0.25) is 10.9 Å². The Morgan fingerprint density at radius 1 is 1.19 bits per heavy atom. The van der Waals surface area contributed by atoms with Gasteiger partial charge in [0.25, 0.3) is 0 Å². The van der Waals surface area contributed by atoms with Crippen LogP contribution in [0, 0.1) is 4.91 Å². The van der Waals surface area contributed by atoms with E-state index in [4.69, 9.17) is 0 Å². The lowest BCUT2D eigenvalue weighted by molar-refractivity contribution is 0.434. The fourth-order valence-corrected chi connectivity index (χ4v) is 0.899. The molecule has 7 heteroatoms. The van der Waals surface area contributed by atoms with Crippen molar-refractivity contribution in [2.45, 2.75) is 14.4 Å². The molecule has 0 aliphatic carbocycles. The number of nitroso groups, excluding NO2 is 1. The Morgan fingerprint density at radius 2 is 1.62 bits per heavy atom. The predicted molar refractivity (Wildman–Crippen MR) is 91.2 cm³/mol. The van der Waals surface area contributed by atoms with E-state index in [2.05, 4.69) is 36.4 Å². The minimum Gasteiger partial charge on any atom is -0.369 e. The van der Waals surface area contributed by atoms with E-state index in [0.29, 0.717) is 12.2 Å². The number of nitrogens with zero attached hydrogens (tertiary/aromatic N) is 3. The molecule has 0 spiro atoms. The number of hydrogen-bond acceptors (Lipinski definition) is 7. The highest BCUT2D eigenvalue weighted by atomic mass is 16.3. The highest BCUT2D eigenvalue weighted by molar-refractivity contribution is 5.49. The van der Waals surface area contributed by atoms with E-state index in [1.165, 1.54) is 6.07 Å². The molecule has 0 saturated heterocycles. The second kappa shape index (κ2) is 14.8. The number of rotatable bonds is 5. The van der Waals surface area contributed by atoms with Crippen LogP contribution in [0.15, 0.2) is 20.8 Å². The zero-order chi connectivity index (χ0) is 16.1. The first-order valence-corrected chi connectivity index (χ1v) is 6.39. The third-order valence-corrected chi connectivity index (χ3v) is 2.29. The summed E-state index contributed by atoms with van der Waals surface area (Å²) in [5.74, 6) is 0. The van der Waals surface area contributed by atoms with Crippen molar-refractivity contribution in [3.8, 4) is 0 Å². The third kappa shape index (κ3) is 11.9. The monoisotopic (exact) mass is 302 g/mol. The Bertz CT molecular complexity index is 426. The molecule has 0 amide bonds. The molecule has 0 radical (unpaired) electrons. The van der Waals surface area contributed by atoms with Gasteiger partial charge in [-0.1, -0.05) is 19.5 Å². The van der Waals surface area contributed by atoms with Gasteiger partial charge in [-0.3, -0.25) is 9.59 Å². The summed E-state index contributed by atoms with van der Waals surface area (Å²) >= 11 is 0. The number of nitrogens with one attached hydrogen (secondary N) is 1. The average molecular weight is 302 g/mol. The molecule has 0 aromatic heterocycles. The molecule has 1 aromatic rings. The van der Waals surface area contributed by atoms with E-state index in [0.717, 1.165) is 6.54 Å². The second-order valence-electron chi connectivity index (χ2n) is 4.39. The summed E-state index contributed by atoms with van der Waals surface area (Å²) in [6, 6.07) is 1.26. The maximum atomic E-state index is 10.8. The second-order valence-corrected chi connectivity index (χ2v) is 4.39. The van der Waals surface area contributed by atoms with Gasteiger partial charge in [-0.05, 0) is 34.7 Å². The van der Waals surface area contributed by atoms with Crippen LogP contribution in [0.3, 0.4) is 0 Å². The van der Waals surface area contributed by atoms with Gasteiger partial charge in [-0.2, -0.15) is 4.91 Å². The number of hydrogen-bond donors (Lipinski definition) is 1. The van der Waals surface area contributed by atoms with Crippen molar-refractivity contribution in [3.63, 3.8) is 0 Å². The highest BCUT2D eigenvalue weighted by Gasteiger charge is 2.12. The summed E-state index contributed by atoms with van der Waals surface area (Å²) in [5.41, 5.74) is -0.594. The first-order valence-electron chi connectivity index (χ1n) is 6.39. The van der Waals surface area contributed by atoms with E-state index in [-0.39, 0.29) is 14.0 Å². The van der Waals surface area contributed by atoms with Crippen LogP contribution in [0.25, 0.3) is 0 Å². The van der Waals surface area contributed by atoms with E-state index in [1.54, 1.807) is 11.9 Å². The maximum Gasteiger partial charge on any atom is 0.249 e. The smallest absolute Gasteiger partial charge is 0.249 e. The molecule has 21 heavy (non-hydrogen) atoms. The standard InChI is InChI=1S/C7H8N2O3.C4H11N.C2H7N.CH4/c1-9(3-2-8-12)5-4-6(10)7(5)11;1-4-5(2)3;1-3-2;/h4H,2-3H2,1H3;4H2,1-3H3;3H,1-2H3;1H4. The van der Waals surface area contributed by atoms with Gasteiger partial charge >= 0.3 is 0 Å². The fourth-order valence-electron chi connectivity index (χ4n) is 0.899. The first kappa shape index (κ1) is 24.4. The van der Waals surface area contributed by atoms with Crippen LogP contribution >= 0.6 is 0 Å². The molecule has 0 bridgehead atoms. The molecule has 0 heterocycles. The Hall–Kier alpha value is -1.60. The van der Waals surface area contributed by atoms with E-state index in [1.807, 2.05) is 14.1 Å². The van der Waals surface area contributed by atoms with Crippen LogP contribution in [0.1, 0.15) is 14.4 Å². The van der Waals surface area contributed by atoms with Crippen molar-refractivity contribution in [2.75, 3.05) is 59.8 Å². The van der Waals surface area contributed by atoms with Crippen molar-refractivity contribution in [1.82, 2.24) is 10.2 Å². The molecule has 0 saturated carbocycles. The minimum absolute atomic E-state index is 0. The molecule has 1 aromatic carbocycles. The Labute approximate surface area is 127 Å². The zero-order valence-electron chi connectivity index (χ0n) is 13.3. The van der Waals surface area contributed by atoms with Crippen molar-refractivity contribution < 1.29 is 0 Å². The SMILES string of the molecule is C.CCN(C)C.CN(CCN=O)c1cc(=O)c1=O.CNC. The van der Waals surface area contributed by atoms with Crippen LogP contribution in [0.5, 0.6) is 0 Å².